The second kappa shape index (κ2) is 10.9. The number of likely N-dealkylation sites (tertiary alicyclic amines) is 1. The van der Waals surface area contributed by atoms with Crippen LogP contribution in [-0.4, -0.2) is 23.9 Å². The van der Waals surface area contributed by atoms with E-state index in [1.54, 1.807) is 0 Å². The first-order valence-corrected chi connectivity index (χ1v) is 11.4. The molecule has 1 fully saturated rings. The van der Waals surface area contributed by atoms with Crippen LogP contribution in [0.1, 0.15) is 53.9 Å². The smallest absolute Gasteiger partial charge is 0.221 e. The third kappa shape index (κ3) is 6.28. The molecule has 0 spiro atoms. The SMILES string of the molecule is O=C(CC(c1ccccc1)c1ccccc1)NCc1ccc(CN2CCCCC2)cc1. The van der Waals surface area contributed by atoms with Crippen molar-refractivity contribution in [2.75, 3.05) is 13.1 Å². The first-order valence-electron chi connectivity index (χ1n) is 11.4. The lowest BCUT2D eigenvalue weighted by atomic mass is 9.88. The first kappa shape index (κ1) is 21.3. The lowest BCUT2D eigenvalue weighted by molar-refractivity contribution is -0.121. The molecular weight excluding hydrogens is 380 g/mol. The number of carbonyl (C=O) groups excluding carboxylic acids is 1. The van der Waals surface area contributed by atoms with Gasteiger partial charge in [-0.1, -0.05) is 91.3 Å². The molecule has 4 rings (SSSR count). The molecule has 1 saturated heterocycles. The quantitative estimate of drug-likeness (QED) is 0.529. The Bertz CT molecular complexity index is 892. The summed E-state index contributed by atoms with van der Waals surface area (Å²) in [6.07, 6.45) is 4.44. The van der Waals surface area contributed by atoms with Crippen molar-refractivity contribution in [3.05, 3.63) is 107 Å². The Labute approximate surface area is 186 Å². The van der Waals surface area contributed by atoms with E-state index >= 15 is 0 Å². The van der Waals surface area contributed by atoms with Gasteiger partial charge in [-0.25, -0.2) is 0 Å². The summed E-state index contributed by atoms with van der Waals surface area (Å²) in [7, 11) is 0. The maximum atomic E-state index is 12.8. The molecule has 1 amide bonds. The minimum absolute atomic E-state index is 0.0642. The molecule has 3 heteroatoms. The molecule has 0 saturated carbocycles. The number of nitrogens with zero attached hydrogens (tertiary/aromatic N) is 1. The number of nitrogens with one attached hydrogen (secondary N) is 1. The number of carbonyl (C=O) groups is 1. The van der Waals surface area contributed by atoms with E-state index in [-0.39, 0.29) is 11.8 Å². The highest BCUT2D eigenvalue weighted by Gasteiger charge is 2.18. The Balaban J connectivity index is 1.33. The van der Waals surface area contributed by atoms with Gasteiger partial charge in [0.15, 0.2) is 0 Å². The van der Waals surface area contributed by atoms with Gasteiger partial charge >= 0.3 is 0 Å². The van der Waals surface area contributed by atoms with Gasteiger partial charge in [0.1, 0.15) is 0 Å². The van der Waals surface area contributed by atoms with Gasteiger partial charge in [-0.3, -0.25) is 9.69 Å². The van der Waals surface area contributed by atoms with Gasteiger partial charge in [0, 0.05) is 25.4 Å². The molecule has 0 atom stereocenters. The molecule has 0 aromatic heterocycles. The second-order valence-corrected chi connectivity index (χ2v) is 8.51. The minimum atomic E-state index is 0.0642. The Morgan fingerprint density at radius 1 is 0.742 bits per heavy atom. The lowest BCUT2D eigenvalue weighted by Gasteiger charge is -2.26. The summed E-state index contributed by atoms with van der Waals surface area (Å²) >= 11 is 0. The molecule has 1 aliphatic heterocycles. The zero-order valence-electron chi connectivity index (χ0n) is 18.2. The predicted octanol–water partition coefficient (Wildman–Crippen LogP) is 5.51. The van der Waals surface area contributed by atoms with Crippen molar-refractivity contribution in [1.82, 2.24) is 10.2 Å². The number of hydrogen-bond acceptors (Lipinski definition) is 2. The van der Waals surface area contributed by atoms with E-state index in [2.05, 4.69) is 58.7 Å². The van der Waals surface area contributed by atoms with Crippen molar-refractivity contribution in [3.8, 4) is 0 Å². The summed E-state index contributed by atoms with van der Waals surface area (Å²) in [6.45, 7) is 4.02. The normalized spacial score (nSPS) is 14.5. The van der Waals surface area contributed by atoms with Crippen LogP contribution < -0.4 is 5.32 Å². The molecule has 1 aliphatic rings. The third-order valence-electron chi connectivity index (χ3n) is 6.16. The number of hydrogen-bond donors (Lipinski definition) is 1. The van der Waals surface area contributed by atoms with Gasteiger partial charge in [-0.05, 0) is 48.2 Å². The summed E-state index contributed by atoms with van der Waals surface area (Å²) in [4.78, 5) is 15.3. The molecule has 0 unspecified atom stereocenters. The molecule has 0 radical (unpaired) electrons. The molecule has 3 aromatic carbocycles. The Kier molecular flexibility index (Phi) is 7.51. The van der Waals surface area contributed by atoms with Crippen molar-refractivity contribution in [1.29, 1.82) is 0 Å². The van der Waals surface area contributed by atoms with Crippen LogP contribution in [0.4, 0.5) is 0 Å². The van der Waals surface area contributed by atoms with Gasteiger partial charge in [-0.15, -0.1) is 0 Å². The Morgan fingerprint density at radius 2 is 1.29 bits per heavy atom. The second-order valence-electron chi connectivity index (χ2n) is 8.51. The van der Waals surface area contributed by atoms with Crippen molar-refractivity contribution >= 4 is 5.91 Å². The van der Waals surface area contributed by atoms with Crippen LogP contribution in [0.5, 0.6) is 0 Å². The molecule has 3 nitrogen and oxygen atoms in total. The fourth-order valence-electron chi connectivity index (χ4n) is 4.40. The number of rotatable bonds is 8. The average molecular weight is 413 g/mol. The van der Waals surface area contributed by atoms with Gasteiger partial charge in [0.05, 0.1) is 0 Å². The van der Waals surface area contributed by atoms with Crippen molar-refractivity contribution in [2.45, 2.75) is 44.7 Å². The summed E-state index contributed by atoms with van der Waals surface area (Å²) in [5.41, 5.74) is 4.84. The molecule has 0 aliphatic carbocycles. The highest BCUT2D eigenvalue weighted by atomic mass is 16.1. The molecule has 31 heavy (non-hydrogen) atoms. The van der Waals surface area contributed by atoms with E-state index in [4.69, 9.17) is 0 Å². The van der Waals surface area contributed by atoms with Gasteiger partial charge in [0.2, 0.25) is 5.91 Å². The van der Waals surface area contributed by atoms with E-state index in [0.717, 1.165) is 12.1 Å². The molecular formula is C28H32N2O. The van der Waals surface area contributed by atoms with Crippen molar-refractivity contribution in [3.63, 3.8) is 0 Å². The fourth-order valence-corrected chi connectivity index (χ4v) is 4.40. The van der Waals surface area contributed by atoms with Crippen LogP contribution in [0.2, 0.25) is 0 Å². The van der Waals surface area contributed by atoms with Crippen LogP contribution in [0.15, 0.2) is 84.9 Å². The van der Waals surface area contributed by atoms with Crippen molar-refractivity contribution < 1.29 is 4.79 Å². The Morgan fingerprint density at radius 3 is 1.87 bits per heavy atom. The highest BCUT2D eigenvalue weighted by Crippen LogP contribution is 2.27. The van der Waals surface area contributed by atoms with Crippen LogP contribution >= 0.6 is 0 Å². The van der Waals surface area contributed by atoms with Gasteiger partial charge in [-0.2, -0.15) is 0 Å². The number of benzene rings is 3. The van der Waals surface area contributed by atoms with Gasteiger partial charge in [0.25, 0.3) is 0 Å². The summed E-state index contributed by atoms with van der Waals surface area (Å²) in [5, 5.41) is 3.12. The van der Waals surface area contributed by atoms with E-state index in [1.165, 1.54) is 49.0 Å². The number of piperidine rings is 1. The summed E-state index contributed by atoms with van der Waals surface area (Å²) < 4.78 is 0. The number of amides is 1. The minimum Gasteiger partial charge on any atom is -0.352 e. The fraction of sp³-hybridized carbons (Fsp3) is 0.321. The van der Waals surface area contributed by atoms with E-state index < -0.39 is 0 Å². The monoisotopic (exact) mass is 412 g/mol. The van der Waals surface area contributed by atoms with Crippen LogP contribution in [0, 0.1) is 0 Å². The highest BCUT2D eigenvalue weighted by molar-refractivity contribution is 5.77. The largest absolute Gasteiger partial charge is 0.352 e. The summed E-state index contributed by atoms with van der Waals surface area (Å²) in [6, 6.07) is 29.3. The van der Waals surface area contributed by atoms with Crippen LogP contribution in [0.25, 0.3) is 0 Å². The lowest BCUT2D eigenvalue weighted by Crippen LogP contribution is -2.29. The maximum absolute atomic E-state index is 12.8. The van der Waals surface area contributed by atoms with Gasteiger partial charge < -0.3 is 5.32 Å². The molecule has 3 aromatic rings. The van der Waals surface area contributed by atoms with E-state index in [1.807, 2.05) is 36.4 Å². The predicted molar refractivity (Wildman–Crippen MR) is 127 cm³/mol. The van der Waals surface area contributed by atoms with Crippen LogP contribution in [0.3, 0.4) is 0 Å². The summed E-state index contributed by atoms with van der Waals surface area (Å²) in [5.74, 6) is 0.143. The average Bonchev–Trinajstić information content (AvgIpc) is 2.84. The van der Waals surface area contributed by atoms with Crippen molar-refractivity contribution in [2.24, 2.45) is 0 Å². The zero-order chi connectivity index (χ0) is 21.3. The molecule has 0 bridgehead atoms. The standard InChI is InChI=1S/C28H32N2O/c31-28(20-27(25-10-4-1-5-11-25)26-12-6-2-7-13-26)29-21-23-14-16-24(17-15-23)22-30-18-8-3-9-19-30/h1-2,4-7,10-17,27H,3,8-9,18-22H2,(H,29,31). The topological polar surface area (TPSA) is 32.3 Å². The molecule has 1 heterocycles. The Hall–Kier alpha value is -2.91. The molecule has 160 valence electrons. The zero-order valence-corrected chi connectivity index (χ0v) is 18.2. The van der Waals surface area contributed by atoms with E-state index in [0.29, 0.717) is 13.0 Å². The first-order chi connectivity index (χ1) is 15.3. The third-order valence-corrected chi connectivity index (χ3v) is 6.16. The van der Waals surface area contributed by atoms with E-state index in [9.17, 15) is 4.79 Å². The molecule has 1 N–H and O–H groups in total. The maximum Gasteiger partial charge on any atom is 0.221 e. The van der Waals surface area contributed by atoms with Crippen LogP contribution in [-0.2, 0) is 17.9 Å².